The van der Waals surface area contributed by atoms with Crippen LogP contribution in [0.25, 0.3) is 5.57 Å². The summed E-state index contributed by atoms with van der Waals surface area (Å²) in [6, 6.07) is 25.9. The van der Waals surface area contributed by atoms with Crippen molar-refractivity contribution >= 4 is 34.8 Å². The number of hydrogen-bond donors (Lipinski definition) is 0. The van der Waals surface area contributed by atoms with Crippen molar-refractivity contribution < 1.29 is 14.3 Å². The number of hydrogen-bond acceptors (Lipinski definition) is 4. The molecule has 0 bridgehead atoms. The molecule has 0 aliphatic carbocycles. The van der Waals surface area contributed by atoms with Gasteiger partial charge >= 0.3 is 0 Å². The Hall–Kier alpha value is -3.31. The summed E-state index contributed by atoms with van der Waals surface area (Å²) in [4.78, 5) is 29.2. The van der Waals surface area contributed by atoms with Crippen LogP contribution in [0.4, 0.5) is 5.69 Å². The molecule has 4 rings (SSSR count). The van der Waals surface area contributed by atoms with Gasteiger partial charge in [0.2, 0.25) is 0 Å². The van der Waals surface area contributed by atoms with E-state index >= 15 is 0 Å². The SMILES string of the molecule is CCOc1ccc(C2=C(Sc3ccccc3)C(=O)N(c3ccccc3)C2=O)cc1. The number of imide groups is 1. The summed E-state index contributed by atoms with van der Waals surface area (Å²) in [5.41, 5.74) is 1.68. The zero-order valence-electron chi connectivity index (χ0n) is 15.9. The standard InChI is InChI=1S/C24H19NO3S/c1-2-28-19-15-13-17(14-16-19)21-22(29-20-11-7-4-8-12-20)24(27)25(23(21)26)18-9-5-3-6-10-18/h3-16H,2H2,1H3. The summed E-state index contributed by atoms with van der Waals surface area (Å²) in [6.07, 6.45) is 0. The summed E-state index contributed by atoms with van der Waals surface area (Å²) in [5.74, 6) is 0.105. The molecule has 29 heavy (non-hydrogen) atoms. The molecule has 0 unspecified atom stereocenters. The van der Waals surface area contributed by atoms with Crippen molar-refractivity contribution in [3.63, 3.8) is 0 Å². The van der Waals surface area contributed by atoms with Gasteiger partial charge in [0, 0.05) is 4.90 Å². The fraction of sp³-hybridized carbons (Fsp3) is 0.0833. The Morgan fingerprint density at radius 3 is 2.03 bits per heavy atom. The lowest BCUT2D eigenvalue weighted by Crippen LogP contribution is -2.31. The average molecular weight is 401 g/mol. The molecule has 0 aromatic heterocycles. The normalized spacial score (nSPS) is 13.9. The van der Waals surface area contributed by atoms with Crippen LogP contribution in [0.15, 0.2) is 94.7 Å². The van der Waals surface area contributed by atoms with E-state index in [9.17, 15) is 9.59 Å². The third-order valence-electron chi connectivity index (χ3n) is 4.47. The second-order valence-electron chi connectivity index (χ2n) is 6.36. The van der Waals surface area contributed by atoms with Crippen LogP contribution in [0.5, 0.6) is 5.75 Å². The Labute approximate surface area is 173 Å². The minimum Gasteiger partial charge on any atom is -0.494 e. The fourth-order valence-electron chi connectivity index (χ4n) is 3.16. The Morgan fingerprint density at radius 1 is 0.793 bits per heavy atom. The molecule has 0 spiro atoms. The molecular weight excluding hydrogens is 382 g/mol. The third kappa shape index (κ3) is 3.82. The first-order chi connectivity index (χ1) is 14.2. The molecule has 2 amide bonds. The quantitative estimate of drug-likeness (QED) is 0.535. The van der Waals surface area contributed by atoms with Crippen LogP contribution in [0.2, 0.25) is 0 Å². The maximum atomic E-state index is 13.3. The van der Waals surface area contributed by atoms with Gasteiger partial charge in [0.1, 0.15) is 5.75 Å². The Kier molecular flexibility index (Phi) is 5.49. The van der Waals surface area contributed by atoms with E-state index in [-0.39, 0.29) is 11.8 Å². The fourth-order valence-corrected chi connectivity index (χ4v) is 4.18. The van der Waals surface area contributed by atoms with Gasteiger partial charge in [0.25, 0.3) is 11.8 Å². The lowest BCUT2D eigenvalue weighted by Gasteiger charge is -2.15. The van der Waals surface area contributed by atoms with E-state index in [0.717, 1.165) is 10.6 Å². The molecule has 0 saturated carbocycles. The van der Waals surface area contributed by atoms with Gasteiger partial charge in [-0.2, -0.15) is 0 Å². The van der Waals surface area contributed by atoms with Gasteiger partial charge in [-0.3, -0.25) is 9.59 Å². The Balaban J connectivity index is 1.78. The summed E-state index contributed by atoms with van der Waals surface area (Å²) in [6.45, 7) is 2.48. The van der Waals surface area contributed by atoms with Crippen LogP contribution in [-0.2, 0) is 9.59 Å². The van der Waals surface area contributed by atoms with Crippen molar-refractivity contribution in [1.82, 2.24) is 0 Å². The maximum absolute atomic E-state index is 13.3. The van der Waals surface area contributed by atoms with Crippen LogP contribution < -0.4 is 9.64 Å². The second-order valence-corrected chi connectivity index (χ2v) is 7.44. The topological polar surface area (TPSA) is 46.6 Å². The molecule has 1 aliphatic rings. The van der Waals surface area contributed by atoms with E-state index in [0.29, 0.717) is 28.3 Å². The minimum atomic E-state index is -0.316. The predicted molar refractivity (Wildman–Crippen MR) is 116 cm³/mol. The molecule has 0 atom stereocenters. The molecule has 0 fully saturated rings. The number of carbonyl (C=O) groups is 2. The van der Waals surface area contributed by atoms with Crippen LogP contribution in [-0.4, -0.2) is 18.4 Å². The van der Waals surface area contributed by atoms with Gasteiger partial charge in [-0.05, 0) is 48.9 Å². The highest BCUT2D eigenvalue weighted by Crippen LogP contribution is 2.41. The molecule has 5 heteroatoms. The van der Waals surface area contributed by atoms with Crippen molar-refractivity contribution in [1.29, 1.82) is 0 Å². The van der Waals surface area contributed by atoms with Crippen molar-refractivity contribution in [2.75, 3.05) is 11.5 Å². The highest BCUT2D eigenvalue weighted by Gasteiger charge is 2.40. The number of para-hydroxylation sites is 1. The molecule has 0 radical (unpaired) electrons. The molecule has 3 aromatic carbocycles. The minimum absolute atomic E-state index is 0.307. The van der Waals surface area contributed by atoms with E-state index in [1.165, 1.54) is 16.7 Å². The first-order valence-corrected chi connectivity index (χ1v) is 10.1. The zero-order valence-corrected chi connectivity index (χ0v) is 16.7. The van der Waals surface area contributed by atoms with E-state index in [4.69, 9.17) is 4.74 Å². The maximum Gasteiger partial charge on any atom is 0.272 e. The van der Waals surface area contributed by atoms with Crippen LogP contribution in [0.3, 0.4) is 0 Å². The molecule has 4 nitrogen and oxygen atoms in total. The van der Waals surface area contributed by atoms with Gasteiger partial charge in [-0.1, -0.05) is 60.3 Å². The first-order valence-electron chi connectivity index (χ1n) is 9.33. The van der Waals surface area contributed by atoms with E-state index in [1.54, 1.807) is 12.1 Å². The number of thioether (sulfide) groups is 1. The van der Waals surface area contributed by atoms with Gasteiger partial charge in [0.15, 0.2) is 0 Å². The predicted octanol–water partition coefficient (Wildman–Crippen LogP) is 5.16. The third-order valence-corrected chi connectivity index (χ3v) is 5.56. The van der Waals surface area contributed by atoms with Gasteiger partial charge in [-0.15, -0.1) is 0 Å². The Bertz CT molecular complexity index is 1060. The van der Waals surface area contributed by atoms with E-state index in [2.05, 4.69) is 0 Å². The summed E-state index contributed by atoms with van der Waals surface area (Å²) in [5, 5.41) is 0. The molecule has 1 aliphatic heterocycles. The van der Waals surface area contributed by atoms with E-state index in [1.807, 2.05) is 79.7 Å². The number of benzene rings is 3. The number of ether oxygens (including phenoxy) is 1. The lowest BCUT2D eigenvalue weighted by molar-refractivity contribution is -0.119. The number of nitrogens with zero attached hydrogens (tertiary/aromatic N) is 1. The number of rotatable bonds is 6. The van der Waals surface area contributed by atoms with Crippen LogP contribution >= 0.6 is 11.8 Å². The first kappa shape index (κ1) is 19.0. The summed E-state index contributed by atoms with van der Waals surface area (Å²) in [7, 11) is 0. The molecule has 3 aromatic rings. The Morgan fingerprint density at radius 2 is 1.41 bits per heavy atom. The molecule has 144 valence electrons. The highest BCUT2D eigenvalue weighted by atomic mass is 32.2. The highest BCUT2D eigenvalue weighted by molar-refractivity contribution is 8.04. The van der Waals surface area contributed by atoms with Gasteiger partial charge in [-0.25, -0.2) is 4.90 Å². The van der Waals surface area contributed by atoms with E-state index < -0.39 is 0 Å². The number of anilines is 1. The zero-order chi connectivity index (χ0) is 20.2. The summed E-state index contributed by atoms with van der Waals surface area (Å²) >= 11 is 1.32. The molecule has 0 saturated heterocycles. The smallest absolute Gasteiger partial charge is 0.272 e. The van der Waals surface area contributed by atoms with Gasteiger partial charge < -0.3 is 4.74 Å². The molecule has 0 N–H and O–H groups in total. The number of amides is 2. The van der Waals surface area contributed by atoms with Crippen molar-refractivity contribution in [2.24, 2.45) is 0 Å². The second kappa shape index (κ2) is 8.37. The van der Waals surface area contributed by atoms with Crippen molar-refractivity contribution in [3.8, 4) is 5.75 Å². The van der Waals surface area contributed by atoms with Crippen molar-refractivity contribution in [3.05, 3.63) is 95.4 Å². The lowest BCUT2D eigenvalue weighted by atomic mass is 10.1. The largest absolute Gasteiger partial charge is 0.494 e. The molecule has 1 heterocycles. The van der Waals surface area contributed by atoms with Gasteiger partial charge in [0.05, 0.1) is 22.8 Å². The number of carbonyl (C=O) groups excluding carboxylic acids is 2. The monoisotopic (exact) mass is 401 g/mol. The molecular formula is C24H19NO3S. The van der Waals surface area contributed by atoms with Crippen LogP contribution in [0, 0.1) is 0 Å². The van der Waals surface area contributed by atoms with Crippen molar-refractivity contribution in [2.45, 2.75) is 11.8 Å². The average Bonchev–Trinajstić information content (AvgIpc) is 3.00. The summed E-state index contributed by atoms with van der Waals surface area (Å²) < 4.78 is 5.50. The van der Waals surface area contributed by atoms with Crippen LogP contribution in [0.1, 0.15) is 12.5 Å².